The third-order valence-corrected chi connectivity index (χ3v) is 3.94. The van der Waals surface area contributed by atoms with Crippen molar-refractivity contribution in [2.45, 2.75) is 25.8 Å². The van der Waals surface area contributed by atoms with E-state index in [1.165, 1.54) is 19.3 Å². The van der Waals surface area contributed by atoms with E-state index in [4.69, 9.17) is 15.0 Å². The Bertz CT molecular complexity index is 596. The van der Waals surface area contributed by atoms with Crippen LogP contribution in [0.2, 0.25) is 0 Å². The van der Waals surface area contributed by atoms with Crippen molar-refractivity contribution in [3.05, 3.63) is 28.6 Å². The first-order valence-corrected chi connectivity index (χ1v) is 7.50. The Morgan fingerprint density at radius 1 is 1.35 bits per heavy atom. The Morgan fingerprint density at radius 2 is 2.20 bits per heavy atom. The molecule has 0 bridgehead atoms. The number of ether oxygens (including phenoxy) is 1. The first-order chi connectivity index (χ1) is 9.74. The van der Waals surface area contributed by atoms with E-state index in [0.29, 0.717) is 17.6 Å². The van der Waals surface area contributed by atoms with Crippen LogP contribution in [0.5, 0.6) is 5.75 Å². The van der Waals surface area contributed by atoms with Crippen LogP contribution >= 0.6 is 15.9 Å². The molecule has 0 aliphatic heterocycles. The van der Waals surface area contributed by atoms with Crippen LogP contribution in [0.25, 0.3) is 11.4 Å². The topological polar surface area (TPSA) is 74.2 Å². The summed E-state index contributed by atoms with van der Waals surface area (Å²) < 4.78 is 11.8. The van der Waals surface area contributed by atoms with Gasteiger partial charge in [0, 0.05) is 10.0 Å². The van der Waals surface area contributed by atoms with E-state index in [1.54, 1.807) is 0 Å². The quantitative estimate of drug-likeness (QED) is 0.907. The average Bonchev–Trinajstić information content (AvgIpc) is 2.85. The highest BCUT2D eigenvalue weighted by molar-refractivity contribution is 9.10. The molecule has 1 aliphatic rings. The molecule has 0 spiro atoms. The summed E-state index contributed by atoms with van der Waals surface area (Å²) in [4.78, 5) is 4.22. The van der Waals surface area contributed by atoms with Gasteiger partial charge in [-0.1, -0.05) is 27.5 Å². The number of benzene rings is 1. The number of aromatic nitrogens is 2. The maximum atomic E-state index is 5.85. The van der Waals surface area contributed by atoms with Crippen LogP contribution in [0.4, 0.5) is 0 Å². The Balaban J connectivity index is 1.78. The number of halogens is 1. The molecular formula is C14H16BrN3O2. The van der Waals surface area contributed by atoms with Crippen LogP contribution in [-0.2, 0) is 6.54 Å². The highest BCUT2D eigenvalue weighted by Crippen LogP contribution is 2.30. The van der Waals surface area contributed by atoms with E-state index in [0.717, 1.165) is 22.4 Å². The highest BCUT2D eigenvalue weighted by atomic mass is 79.9. The summed E-state index contributed by atoms with van der Waals surface area (Å²) in [6.45, 7) is 1.02. The summed E-state index contributed by atoms with van der Waals surface area (Å²) >= 11 is 3.48. The van der Waals surface area contributed by atoms with Gasteiger partial charge in [-0.25, -0.2) is 0 Å². The van der Waals surface area contributed by atoms with Crippen molar-refractivity contribution >= 4 is 15.9 Å². The first-order valence-electron chi connectivity index (χ1n) is 6.71. The summed E-state index contributed by atoms with van der Waals surface area (Å²) in [6.07, 6.45) is 3.86. The molecule has 20 heavy (non-hydrogen) atoms. The van der Waals surface area contributed by atoms with Gasteiger partial charge in [0.15, 0.2) is 0 Å². The Kier molecular flexibility index (Phi) is 4.03. The van der Waals surface area contributed by atoms with Gasteiger partial charge in [-0.3, -0.25) is 0 Å². The summed E-state index contributed by atoms with van der Waals surface area (Å²) in [7, 11) is 0. The van der Waals surface area contributed by atoms with Gasteiger partial charge >= 0.3 is 0 Å². The molecule has 0 radical (unpaired) electrons. The van der Waals surface area contributed by atoms with Crippen LogP contribution in [0.1, 0.15) is 25.2 Å². The van der Waals surface area contributed by atoms with Crippen LogP contribution in [0, 0.1) is 5.92 Å². The predicted molar refractivity (Wildman–Crippen MR) is 78.2 cm³/mol. The summed E-state index contributed by atoms with van der Waals surface area (Å²) in [5.74, 6) is 2.48. The molecule has 1 aromatic carbocycles. The maximum Gasteiger partial charge on any atom is 0.240 e. The van der Waals surface area contributed by atoms with Gasteiger partial charge in [0.25, 0.3) is 0 Å². The van der Waals surface area contributed by atoms with Gasteiger partial charge in [0.2, 0.25) is 11.7 Å². The molecule has 5 nitrogen and oxygen atoms in total. The summed E-state index contributed by atoms with van der Waals surface area (Å²) in [6, 6.07) is 5.81. The fraction of sp³-hybridized carbons (Fsp3) is 0.429. The molecule has 3 rings (SSSR count). The predicted octanol–water partition coefficient (Wildman–Crippen LogP) is 3.14. The fourth-order valence-electron chi connectivity index (χ4n) is 2.10. The number of hydrogen-bond acceptors (Lipinski definition) is 5. The minimum Gasteiger partial charge on any atom is -0.493 e. The van der Waals surface area contributed by atoms with E-state index < -0.39 is 0 Å². The molecule has 1 aromatic heterocycles. The Hall–Kier alpha value is -1.40. The van der Waals surface area contributed by atoms with E-state index in [2.05, 4.69) is 26.1 Å². The molecule has 2 aromatic rings. The third kappa shape index (κ3) is 3.02. The van der Waals surface area contributed by atoms with E-state index in [1.807, 2.05) is 18.2 Å². The molecule has 2 N–H and O–H groups in total. The third-order valence-electron chi connectivity index (χ3n) is 3.48. The molecule has 1 aliphatic carbocycles. The van der Waals surface area contributed by atoms with Crippen molar-refractivity contribution in [1.82, 2.24) is 10.1 Å². The van der Waals surface area contributed by atoms with Gasteiger partial charge in [0.05, 0.1) is 13.2 Å². The zero-order valence-electron chi connectivity index (χ0n) is 11.0. The van der Waals surface area contributed by atoms with Crippen molar-refractivity contribution in [2.75, 3.05) is 6.61 Å². The zero-order valence-corrected chi connectivity index (χ0v) is 12.6. The number of rotatable bonds is 5. The van der Waals surface area contributed by atoms with Gasteiger partial charge in [0.1, 0.15) is 5.75 Å². The van der Waals surface area contributed by atoms with Crippen molar-refractivity contribution < 1.29 is 9.26 Å². The molecule has 0 atom stereocenters. The van der Waals surface area contributed by atoms with Crippen LogP contribution in [-0.4, -0.2) is 16.7 Å². The summed E-state index contributed by atoms with van der Waals surface area (Å²) in [5, 5.41) is 3.92. The molecule has 1 heterocycles. The number of nitrogens with zero attached hydrogens (tertiary/aromatic N) is 2. The second-order valence-corrected chi connectivity index (χ2v) is 5.92. The van der Waals surface area contributed by atoms with Crippen LogP contribution in [0.15, 0.2) is 27.2 Å². The molecule has 0 unspecified atom stereocenters. The molecular weight excluding hydrogens is 322 g/mol. The SMILES string of the molecule is NCc1nc(-c2cc(Br)cc(OCC3CCC3)c2)no1. The monoisotopic (exact) mass is 337 g/mol. The molecule has 6 heteroatoms. The lowest BCUT2D eigenvalue weighted by Gasteiger charge is -2.25. The Morgan fingerprint density at radius 3 is 2.85 bits per heavy atom. The van der Waals surface area contributed by atoms with Gasteiger partial charge in [-0.15, -0.1) is 0 Å². The lowest BCUT2D eigenvalue weighted by molar-refractivity contribution is 0.180. The van der Waals surface area contributed by atoms with Gasteiger partial charge < -0.3 is 15.0 Å². The van der Waals surface area contributed by atoms with Crippen LogP contribution < -0.4 is 10.5 Å². The van der Waals surface area contributed by atoms with E-state index in [-0.39, 0.29) is 6.54 Å². The molecule has 0 amide bonds. The molecule has 1 fully saturated rings. The average molecular weight is 338 g/mol. The molecule has 1 saturated carbocycles. The standard InChI is InChI=1S/C14H16BrN3O2/c15-11-4-10(14-17-13(7-16)20-18-14)5-12(6-11)19-8-9-2-1-3-9/h4-6,9H,1-3,7-8,16H2. The second-order valence-electron chi connectivity index (χ2n) is 5.00. The van der Waals surface area contributed by atoms with Crippen molar-refractivity contribution in [3.63, 3.8) is 0 Å². The summed E-state index contributed by atoms with van der Waals surface area (Å²) in [5.41, 5.74) is 6.33. The van der Waals surface area contributed by atoms with Crippen molar-refractivity contribution in [1.29, 1.82) is 0 Å². The normalized spacial score (nSPS) is 15.1. The fourth-order valence-corrected chi connectivity index (χ4v) is 2.58. The molecule has 106 valence electrons. The lowest BCUT2D eigenvalue weighted by Crippen LogP contribution is -2.19. The largest absolute Gasteiger partial charge is 0.493 e. The highest BCUT2D eigenvalue weighted by Gasteiger charge is 2.18. The van der Waals surface area contributed by atoms with E-state index in [9.17, 15) is 0 Å². The first kappa shape index (κ1) is 13.6. The van der Waals surface area contributed by atoms with Crippen molar-refractivity contribution in [3.8, 4) is 17.1 Å². The number of nitrogens with two attached hydrogens (primary N) is 1. The maximum absolute atomic E-state index is 5.85. The second kappa shape index (κ2) is 5.93. The minimum absolute atomic E-state index is 0.242. The Labute approximate surface area is 125 Å². The number of hydrogen-bond donors (Lipinski definition) is 1. The zero-order chi connectivity index (χ0) is 13.9. The van der Waals surface area contributed by atoms with Gasteiger partial charge in [-0.05, 0) is 37.0 Å². The van der Waals surface area contributed by atoms with Gasteiger partial charge in [-0.2, -0.15) is 4.98 Å². The van der Waals surface area contributed by atoms with Crippen LogP contribution in [0.3, 0.4) is 0 Å². The lowest BCUT2D eigenvalue weighted by atomic mass is 9.86. The van der Waals surface area contributed by atoms with Crippen molar-refractivity contribution in [2.24, 2.45) is 11.7 Å². The molecule has 0 saturated heterocycles. The smallest absolute Gasteiger partial charge is 0.240 e. The minimum atomic E-state index is 0.242. The van der Waals surface area contributed by atoms with E-state index >= 15 is 0 Å².